The molecule has 1 aromatic heterocycles. The number of ether oxygens (including phenoxy) is 1. The van der Waals surface area contributed by atoms with E-state index in [0.717, 1.165) is 47.6 Å². The molecule has 2 bridgehead atoms. The first-order chi connectivity index (χ1) is 10.8. The summed E-state index contributed by atoms with van der Waals surface area (Å²) in [6.45, 7) is 2.25. The molecule has 0 unspecified atom stereocenters. The molecule has 3 fully saturated rings. The zero-order valence-electron chi connectivity index (χ0n) is 12.9. The first kappa shape index (κ1) is 14.0. The van der Waals surface area contributed by atoms with Crippen molar-refractivity contribution >= 4 is 10.9 Å². The minimum absolute atomic E-state index is 0.240. The van der Waals surface area contributed by atoms with Crippen LogP contribution in [0.4, 0.5) is 0 Å². The Kier molecular flexibility index (Phi) is 3.51. The molecular formula is C18H22N2O2. The van der Waals surface area contributed by atoms with Crippen LogP contribution in [0.3, 0.4) is 0 Å². The Bertz CT molecular complexity index is 680. The third-order valence-corrected chi connectivity index (χ3v) is 5.36. The fourth-order valence-corrected chi connectivity index (χ4v) is 4.08. The molecule has 4 nitrogen and oxygen atoms in total. The lowest BCUT2D eigenvalue weighted by atomic mass is 9.79. The predicted molar refractivity (Wildman–Crippen MR) is 86.0 cm³/mol. The fourth-order valence-electron chi connectivity index (χ4n) is 4.08. The molecule has 22 heavy (non-hydrogen) atoms. The average molecular weight is 298 g/mol. The van der Waals surface area contributed by atoms with E-state index in [-0.39, 0.29) is 6.04 Å². The summed E-state index contributed by atoms with van der Waals surface area (Å²) in [5.41, 5.74) is 1.88. The van der Waals surface area contributed by atoms with E-state index in [1.54, 1.807) is 13.3 Å². The van der Waals surface area contributed by atoms with Crippen molar-refractivity contribution in [1.82, 2.24) is 9.88 Å². The van der Waals surface area contributed by atoms with Gasteiger partial charge in [-0.05, 0) is 68.1 Å². The Morgan fingerprint density at radius 2 is 2.09 bits per heavy atom. The number of methoxy groups -OCH3 is 1. The first-order valence-electron chi connectivity index (χ1n) is 8.11. The quantitative estimate of drug-likeness (QED) is 0.946. The number of aromatic nitrogens is 1. The second kappa shape index (κ2) is 5.52. The number of benzene rings is 1. The van der Waals surface area contributed by atoms with Gasteiger partial charge < -0.3 is 9.84 Å². The van der Waals surface area contributed by atoms with Gasteiger partial charge in [0.15, 0.2) is 0 Å². The summed E-state index contributed by atoms with van der Waals surface area (Å²) in [5.74, 6) is 1.59. The van der Waals surface area contributed by atoms with E-state index in [9.17, 15) is 5.11 Å². The Morgan fingerprint density at radius 3 is 2.77 bits per heavy atom. The lowest BCUT2D eigenvalue weighted by molar-refractivity contribution is -0.0263. The van der Waals surface area contributed by atoms with E-state index in [4.69, 9.17) is 4.74 Å². The number of hydrogen-bond donors (Lipinski definition) is 1. The van der Waals surface area contributed by atoms with Gasteiger partial charge in [0.25, 0.3) is 0 Å². The van der Waals surface area contributed by atoms with E-state index in [2.05, 4.69) is 9.88 Å². The summed E-state index contributed by atoms with van der Waals surface area (Å²) in [6.07, 6.45) is 5.02. The molecule has 2 aromatic rings. The molecule has 5 rings (SSSR count). The van der Waals surface area contributed by atoms with Gasteiger partial charge in [-0.25, -0.2) is 0 Å². The number of nitrogens with zero attached hydrogens (tertiary/aromatic N) is 2. The van der Waals surface area contributed by atoms with Crippen LogP contribution in [-0.2, 0) is 0 Å². The maximum Gasteiger partial charge on any atom is 0.119 e. The van der Waals surface area contributed by atoms with Crippen LogP contribution in [-0.4, -0.2) is 41.2 Å². The number of rotatable bonds is 3. The minimum Gasteiger partial charge on any atom is -0.497 e. The van der Waals surface area contributed by atoms with E-state index >= 15 is 0 Å². The van der Waals surface area contributed by atoms with E-state index in [1.165, 1.54) is 12.8 Å². The van der Waals surface area contributed by atoms with Gasteiger partial charge in [-0.2, -0.15) is 0 Å². The second-order valence-corrected chi connectivity index (χ2v) is 6.51. The van der Waals surface area contributed by atoms with E-state index in [0.29, 0.717) is 0 Å². The van der Waals surface area contributed by atoms with E-state index < -0.39 is 6.10 Å². The Labute approximate surface area is 130 Å². The molecule has 0 aliphatic carbocycles. The van der Waals surface area contributed by atoms with Crippen molar-refractivity contribution in [2.75, 3.05) is 20.2 Å². The standard InChI is InChI=1S/C18H22N2O2/c1-22-13-2-3-16-15(11-13)14(4-7-19-16)18(21)17-10-12-5-8-20(17)9-6-12/h2-4,7,11-12,17-18,21H,5-6,8-10H2,1H3/t17-,18+/m0/s1. The molecule has 4 heteroatoms. The predicted octanol–water partition coefficient (Wildman–Crippen LogP) is 2.76. The molecule has 116 valence electrons. The molecule has 3 aliphatic heterocycles. The van der Waals surface area contributed by atoms with Crippen molar-refractivity contribution in [3.05, 3.63) is 36.0 Å². The molecule has 0 saturated carbocycles. The van der Waals surface area contributed by atoms with Crippen LogP contribution in [0.15, 0.2) is 30.5 Å². The number of aliphatic hydroxyl groups is 1. The summed E-state index contributed by atoms with van der Waals surface area (Å²) in [7, 11) is 1.67. The van der Waals surface area contributed by atoms with Crippen molar-refractivity contribution in [1.29, 1.82) is 0 Å². The maximum atomic E-state index is 11.0. The largest absolute Gasteiger partial charge is 0.497 e. The summed E-state index contributed by atoms with van der Waals surface area (Å²) in [4.78, 5) is 6.87. The zero-order valence-corrected chi connectivity index (χ0v) is 12.9. The topological polar surface area (TPSA) is 45.6 Å². The number of hydrogen-bond acceptors (Lipinski definition) is 4. The molecule has 0 amide bonds. The number of fused-ring (bicyclic) bond motifs is 4. The van der Waals surface area contributed by atoms with Crippen LogP contribution in [0.25, 0.3) is 10.9 Å². The highest BCUT2D eigenvalue weighted by atomic mass is 16.5. The normalized spacial score (nSPS) is 28.7. The molecule has 1 N–H and O–H groups in total. The lowest BCUT2D eigenvalue weighted by Gasteiger charge is -2.47. The molecule has 1 aromatic carbocycles. The van der Waals surface area contributed by atoms with Crippen LogP contribution >= 0.6 is 0 Å². The highest BCUT2D eigenvalue weighted by Gasteiger charge is 2.38. The van der Waals surface area contributed by atoms with Crippen molar-refractivity contribution in [2.45, 2.75) is 31.4 Å². The van der Waals surface area contributed by atoms with Gasteiger partial charge >= 0.3 is 0 Å². The van der Waals surface area contributed by atoms with Gasteiger partial charge in [0.2, 0.25) is 0 Å². The van der Waals surface area contributed by atoms with Gasteiger partial charge in [0.05, 0.1) is 18.7 Å². The van der Waals surface area contributed by atoms with Crippen molar-refractivity contribution < 1.29 is 9.84 Å². The molecule has 0 spiro atoms. The second-order valence-electron chi connectivity index (χ2n) is 6.51. The molecule has 2 atom stereocenters. The maximum absolute atomic E-state index is 11.0. The average Bonchev–Trinajstić information content (AvgIpc) is 2.61. The van der Waals surface area contributed by atoms with Gasteiger partial charge in [0, 0.05) is 17.6 Å². The van der Waals surface area contributed by atoms with Crippen molar-refractivity contribution in [2.24, 2.45) is 5.92 Å². The molecule has 4 heterocycles. The third kappa shape index (κ3) is 2.27. The molecular weight excluding hydrogens is 276 g/mol. The number of aliphatic hydroxyl groups excluding tert-OH is 1. The fraction of sp³-hybridized carbons (Fsp3) is 0.500. The summed E-state index contributed by atoms with van der Waals surface area (Å²) in [6, 6.07) is 8.05. The van der Waals surface area contributed by atoms with Crippen LogP contribution in [0.2, 0.25) is 0 Å². The van der Waals surface area contributed by atoms with Gasteiger partial charge in [-0.3, -0.25) is 9.88 Å². The van der Waals surface area contributed by atoms with Crippen molar-refractivity contribution in [3.63, 3.8) is 0 Å². The molecule has 3 aliphatic rings. The van der Waals surface area contributed by atoms with Crippen LogP contribution in [0, 0.1) is 5.92 Å². The molecule has 0 radical (unpaired) electrons. The monoisotopic (exact) mass is 298 g/mol. The number of pyridine rings is 1. The van der Waals surface area contributed by atoms with E-state index in [1.807, 2.05) is 24.3 Å². The first-order valence-corrected chi connectivity index (χ1v) is 8.11. The lowest BCUT2D eigenvalue weighted by Crippen LogP contribution is -2.51. The van der Waals surface area contributed by atoms with Crippen LogP contribution in [0.1, 0.15) is 30.9 Å². The SMILES string of the molecule is COc1ccc2nccc([C@@H](O)[C@@H]3CC4CCN3CC4)c2c1. The van der Waals surface area contributed by atoms with Gasteiger partial charge in [-0.1, -0.05) is 0 Å². The highest BCUT2D eigenvalue weighted by molar-refractivity contribution is 5.83. The number of piperidine rings is 3. The highest BCUT2D eigenvalue weighted by Crippen LogP contribution is 2.39. The summed E-state index contributed by atoms with van der Waals surface area (Å²) in [5, 5.41) is 12.0. The minimum atomic E-state index is -0.458. The smallest absolute Gasteiger partial charge is 0.119 e. The van der Waals surface area contributed by atoms with Crippen molar-refractivity contribution in [3.8, 4) is 5.75 Å². The third-order valence-electron chi connectivity index (χ3n) is 5.36. The Balaban J connectivity index is 1.73. The Hall–Kier alpha value is -1.65. The van der Waals surface area contributed by atoms with Crippen LogP contribution in [0.5, 0.6) is 5.75 Å². The molecule has 3 saturated heterocycles. The van der Waals surface area contributed by atoms with Crippen LogP contribution < -0.4 is 4.74 Å². The summed E-state index contributed by atoms with van der Waals surface area (Å²) < 4.78 is 5.33. The Morgan fingerprint density at radius 1 is 1.27 bits per heavy atom. The van der Waals surface area contributed by atoms with Gasteiger partial charge in [-0.15, -0.1) is 0 Å². The van der Waals surface area contributed by atoms with Gasteiger partial charge in [0.1, 0.15) is 5.75 Å². The zero-order chi connectivity index (χ0) is 15.1. The summed E-state index contributed by atoms with van der Waals surface area (Å²) >= 11 is 0.